The largest absolute Gasteiger partial charge is 0.324 e. The molecule has 0 bridgehead atoms. The molecule has 2 nitrogen and oxygen atoms in total. The summed E-state index contributed by atoms with van der Waals surface area (Å²) in [5.41, 5.74) is 7.99. The van der Waals surface area contributed by atoms with E-state index in [9.17, 15) is 4.79 Å². The second-order valence-corrected chi connectivity index (χ2v) is 3.55. The summed E-state index contributed by atoms with van der Waals surface area (Å²) in [5, 5.41) is 0. The Morgan fingerprint density at radius 1 is 1.46 bits per heavy atom. The number of benzene rings is 1. The summed E-state index contributed by atoms with van der Waals surface area (Å²) < 4.78 is 0. The Morgan fingerprint density at radius 3 is 2.92 bits per heavy atom. The van der Waals surface area contributed by atoms with E-state index in [1.165, 1.54) is 11.1 Å². The highest BCUT2D eigenvalue weighted by Gasteiger charge is 2.26. The van der Waals surface area contributed by atoms with Crippen molar-refractivity contribution in [2.24, 2.45) is 5.73 Å². The molecule has 1 aromatic rings. The first-order valence-electron chi connectivity index (χ1n) is 4.61. The molecule has 0 radical (unpaired) electrons. The van der Waals surface area contributed by atoms with E-state index in [2.05, 4.69) is 12.1 Å². The molecule has 1 unspecified atom stereocenters. The standard InChI is InChI=1S/C11H13NO/c12-7-10(13)6-9-5-8-3-1-2-4-11(8)9/h1-4,9H,5-7,12H2. The third-order valence-electron chi connectivity index (χ3n) is 2.66. The van der Waals surface area contributed by atoms with E-state index < -0.39 is 0 Å². The Hall–Kier alpha value is -1.15. The van der Waals surface area contributed by atoms with Crippen LogP contribution in [0.25, 0.3) is 0 Å². The first kappa shape index (κ1) is 8.45. The van der Waals surface area contributed by atoms with E-state index in [1.54, 1.807) is 0 Å². The van der Waals surface area contributed by atoms with Crippen LogP contribution in [0.3, 0.4) is 0 Å². The van der Waals surface area contributed by atoms with Crippen molar-refractivity contribution in [2.45, 2.75) is 18.8 Å². The van der Waals surface area contributed by atoms with Crippen LogP contribution >= 0.6 is 0 Å². The predicted molar refractivity (Wildman–Crippen MR) is 51.6 cm³/mol. The lowest BCUT2D eigenvalue weighted by atomic mass is 9.75. The number of carbonyl (C=O) groups excluding carboxylic acids is 1. The van der Waals surface area contributed by atoms with Gasteiger partial charge in [-0.15, -0.1) is 0 Å². The van der Waals surface area contributed by atoms with Gasteiger partial charge >= 0.3 is 0 Å². The maximum absolute atomic E-state index is 11.1. The smallest absolute Gasteiger partial charge is 0.147 e. The van der Waals surface area contributed by atoms with Gasteiger partial charge in [0.05, 0.1) is 6.54 Å². The summed E-state index contributed by atoms with van der Waals surface area (Å²) in [6.07, 6.45) is 1.66. The molecule has 1 atom stereocenters. The van der Waals surface area contributed by atoms with Crippen LogP contribution in [0.2, 0.25) is 0 Å². The molecule has 0 aliphatic heterocycles. The van der Waals surface area contributed by atoms with Gasteiger partial charge in [0.1, 0.15) is 5.78 Å². The number of ketones is 1. The maximum atomic E-state index is 11.1. The fourth-order valence-corrected chi connectivity index (χ4v) is 1.90. The predicted octanol–water partition coefficient (Wildman–Crippen LogP) is 1.24. The highest BCUT2D eigenvalue weighted by atomic mass is 16.1. The summed E-state index contributed by atoms with van der Waals surface area (Å²) in [4.78, 5) is 11.1. The molecular formula is C11H13NO. The molecule has 0 saturated heterocycles. The molecule has 2 heteroatoms. The second-order valence-electron chi connectivity index (χ2n) is 3.55. The van der Waals surface area contributed by atoms with Gasteiger partial charge in [-0.2, -0.15) is 0 Å². The van der Waals surface area contributed by atoms with E-state index in [0.717, 1.165) is 6.42 Å². The number of hydrogen-bond acceptors (Lipinski definition) is 2. The van der Waals surface area contributed by atoms with E-state index in [1.807, 2.05) is 12.1 Å². The fourth-order valence-electron chi connectivity index (χ4n) is 1.90. The molecule has 0 aromatic heterocycles. The minimum absolute atomic E-state index is 0.166. The topological polar surface area (TPSA) is 43.1 Å². The van der Waals surface area contributed by atoms with Crippen LogP contribution in [-0.2, 0) is 11.2 Å². The molecule has 2 N–H and O–H groups in total. The highest BCUT2D eigenvalue weighted by Crippen LogP contribution is 2.36. The molecule has 0 fully saturated rings. The van der Waals surface area contributed by atoms with Crippen LogP contribution < -0.4 is 5.73 Å². The first-order valence-corrected chi connectivity index (χ1v) is 4.61. The zero-order chi connectivity index (χ0) is 9.26. The van der Waals surface area contributed by atoms with Crippen molar-refractivity contribution < 1.29 is 4.79 Å². The molecule has 0 saturated carbocycles. The molecular weight excluding hydrogens is 162 g/mol. The van der Waals surface area contributed by atoms with Crippen LogP contribution in [0.1, 0.15) is 23.5 Å². The summed E-state index contributed by atoms with van der Waals surface area (Å²) in [5.74, 6) is 0.603. The average Bonchev–Trinajstić information content (AvgIpc) is 2.14. The monoisotopic (exact) mass is 175 g/mol. The van der Waals surface area contributed by atoms with Crippen LogP contribution in [-0.4, -0.2) is 12.3 Å². The van der Waals surface area contributed by atoms with Crippen LogP contribution in [0.5, 0.6) is 0 Å². The van der Waals surface area contributed by atoms with Gasteiger partial charge in [-0.3, -0.25) is 4.79 Å². The van der Waals surface area contributed by atoms with Crippen molar-refractivity contribution in [3.05, 3.63) is 35.4 Å². The first-order chi connectivity index (χ1) is 6.31. The molecule has 1 aliphatic rings. The zero-order valence-corrected chi connectivity index (χ0v) is 7.49. The summed E-state index contributed by atoms with van der Waals surface area (Å²) in [6.45, 7) is 0.179. The number of rotatable bonds is 3. The molecule has 13 heavy (non-hydrogen) atoms. The van der Waals surface area contributed by atoms with E-state index in [-0.39, 0.29) is 12.3 Å². The summed E-state index contributed by atoms with van der Waals surface area (Å²) in [6, 6.07) is 8.30. The Labute approximate surface area is 77.8 Å². The Balaban J connectivity index is 2.05. The molecule has 68 valence electrons. The Kier molecular flexibility index (Phi) is 2.15. The lowest BCUT2D eigenvalue weighted by Crippen LogP contribution is -2.23. The molecule has 1 aliphatic carbocycles. The number of hydrogen-bond donors (Lipinski definition) is 1. The third-order valence-corrected chi connectivity index (χ3v) is 2.66. The van der Waals surface area contributed by atoms with Gasteiger partial charge in [-0.25, -0.2) is 0 Å². The van der Waals surface area contributed by atoms with Crippen LogP contribution in [0.4, 0.5) is 0 Å². The van der Waals surface area contributed by atoms with Gasteiger partial charge in [0, 0.05) is 6.42 Å². The maximum Gasteiger partial charge on any atom is 0.147 e. The second kappa shape index (κ2) is 3.30. The van der Waals surface area contributed by atoms with Crippen molar-refractivity contribution in [3.63, 3.8) is 0 Å². The Morgan fingerprint density at radius 2 is 2.23 bits per heavy atom. The van der Waals surface area contributed by atoms with Crippen molar-refractivity contribution in [1.29, 1.82) is 0 Å². The number of carbonyl (C=O) groups is 1. The van der Waals surface area contributed by atoms with Crippen molar-refractivity contribution in [1.82, 2.24) is 0 Å². The molecule has 1 aromatic carbocycles. The van der Waals surface area contributed by atoms with Crippen LogP contribution in [0, 0.1) is 0 Å². The van der Waals surface area contributed by atoms with Gasteiger partial charge in [0.15, 0.2) is 0 Å². The fraction of sp³-hybridized carbons (Fsp3) is 0.364. The van der Waals surface area contributed by atoms with Gasteiger partial charge in [0.2, 0.25) is 0 Å². The molecule has 0 amide bonds. The van der Waals surface area contributed by atoms with Crippen molar-refractivity contribution >= 4 is 5.78 Å². The van der Waals surface area contributed by atoms with Crippen molar-refractivity contribution in [2.75, 3.05) is 6.54 Å². The number of fused-ring (bicyclic) bond motifs is 1. The highest BCUT2D eigenvalue weighted by molar-refractivity contribution is 5.81. The Bertz CT molecular complexity index is 333. The lowest BCUT2D eigenvalue weighted by Gasteiger charge is -2.29. The summed E-state index contributed by atoms with van der Waals surface area (Å²) >= 11 is 0. The summed E-state index contributed by atoms with van der Waals surface area (Å²) in [7, 11) is 0. The van der Waals surface area contributed by atoms with E-state index in [4.69, 9.17) is 5.73 Å². The van der Waals surface area contributed by atoms with Gasteiger partial charge in [-0.05, 0) is 23.5 Å². The normalized spacial score (nSPS) is 19.0. The van der Waals surface area contributed by atoms with Crippen molar-refractivity contribution in [3.8, 4) is 0 Å². The lowest BCUT2D eigenvalue weighted by molar-refractivity contribution is -0.118. The average molecular weight is 175 g/mol. The molecule has 0 spiro atoms. The molecule has 0 heterocycles. The van der Waals surface area contributed by atoms with Crippen LogP contribution in [0.15, 0.2) is 24.3 Å². The van der Waals surface area contributed by atoms with E-state index >= 15 is 0 Å². The quantitative estimate of drug-likeness (QED) is 0.751. The van der Waals surface area contributed by atoms with E-state index in [0.29, 0.717) is 12.3 Å². The molecule has 2 rings (SSSR count). The van der Waals surface area contributed by atoms with Gasteiger partial charge < -0.3 is 5.73 Å². The number of Topliss-reactive ketones (excluding diaryl/α,β-unsaturated/α-hetero) is 1. The van der Waals surface area contributed by atoms with Gasteiger partial charge in [-0.1, -0.05) is 24.3 Å². The minimum Gasteiger partial charge on any atom is -0.324 e. The third kappa shape index (κ3) is 1.49. The number of nitrogens with two attached hydrogens (primary N) is 1. The zero-order valence-electron chi connectivity index (χ0n) is 7.49. The van der Waals surface area contributed by atoms with Gasteiger partial charge in [0.25, 0.3) is 0 Å². The minimum atomic E-state index is 0.166. The SMILES string of the molecule is NCC(=O)CC1Cc2ccccc21.